The van der Waals surface area contributed by atoms with Crippen LogP contribution in [0.1, 0.15) is 63.9 Å². The van der Waals surface area contributed by atoms with Crippen molar-refractivity contribution in [3.8, 4) is 5.75 Å². The quantitative estimate of drug-likeness (QED) is 0.392. The molecule has 10 heteroatoms. The fraction of sp³-hybridized carbons (Fsp3) is 0.412. The summed E-state index contributed by atoms with van der Waals surface area (Å²) in [5.41, 5.74) is 6.05. The summed E-state index contributed by atoms with van der Waals surface area (Å²) in [5.74, 6) is 0.00971. The third-order valence-electron chi connectivity index (χ3n) is 9.22. The molecular formula is C34H37F3N4O3. The summed E-state index contributed by atoms with van der Waals surface area (Å²) in [4.78, 5) is 29.9. The number of fused-ring (bicyclic) bond motifs is 3. The van der Waals surface area contributed by atoms with E-state index in [1.807, 2.05) is 30.0 Å². The molecule has 0 saturated heterocycles. The molecule has 0 aliphatic carbocycles. The molecule has 2 atom stereocenters. The van der Waals surface area contributed by atoms with Crippen molar-refractivity contribution >= 4 is 17.5 Å². The Bertz CT molecular complexity index is 1610. The topological polar surface area (TPSA) is 84.9 Å². The van der Waals surface area contributed by atoms with E-state index in [-0.39, 0.29) is 30.2 Å². The van der Waals surface area contributed by atoms with Gasteiger partial charge < -0.3 is 20.6 Å². The van der Waals surface area contributed by atoms with Crippen LogP contribution in [0.4, 0.5) is 18.9 Å². The smallest absolute Gasteiger partial charge is 0.416 e. The van der Waals surface area contributed by atoms with Crippen LogP contribution in [-0.4, -0.2) is 47.5 Å². The van der Waals surface area contributed by atoms with Crippen LogP contribution in [0.5, 0.6) is 5.75 Å². The van der Waals surface area contributed by atoms with Crippen LogP contribution >= 0.6 is 0 Å². The van der Waals surface area contributed by atoms with Crippen molar-refractivity contribution in [3.05, 3.63) is 93.0 Å². The number of nitrogens with one attached hydrogen (secondary N) is 2. The van der Waals surface area contributed by atoms with Crippen LogP contribution in [0.3, 0.4) is 0 Å². The van der Waals surface area contributed by atoms with Gasteiger partial charge in [-0.25, -0.2) is 0 Å². The van der Waals surface area contributed by atoms with Gasteiger partial charge in [0, 0.05) is 38.8 Å². The zero-order valence-electron chi connectivity index (χ0n) is 24.9. The number of carbonyl (C=O) groups excluding carboxylic acids is 2. The van der Waals surface area contributed by atoms with Gasteiger partial charge in [-0.3, -0.25) is 14.5 Å². The summed E-state index contributed by atoms with van der Waals surface area (Å²) in [6.07, 6.45) is -2.11. The molecule has 0 aromatic heterocycles. The minimum Gasteiger partial charge on any atom is -0.508 e. The highest BCUT2D eigenvalue weighted by Crippen LogP contribution is 2.38. The molecule has 3 heterocycles. The number of aromatic hydroxyl groups is 1. The van der Waals surface area contributed by atoms with Crippen molar-refractivity contribution in [3.63, 3.8) is 0 Å². The lowest BCUT2D eigenvalue weighted by Crippen LogP contribution is -2.48. The number of rotatable bonds is 4. The van der Waals surface area contributed by atoms with Crippen LogP contribution in [0.15, 0.2) is 48.5 Å². The van der Waals surface area contributed by atoms with E-state index in [4.69, 9.17) is 0 Å². The van der Waals surface area contributed by atoms with Crippen LogP contribution in [0.25, 0.3) is 0 Å². The van der Waals surface area contributed by atoms with Crippen molar-refractivity contribution in [2.24, 2.45) is 0 Å². The first-order valence-corrected chi connectivity index (χ1v) is 15.1. The van der Waals surface area contributed by atoms with Crippen LogP contribution in [0.2, 0.25) is 0 Å². The van der Waals surface area contributed by atoms with Crippen molar-refractivity contribution < 1.29 is 27.9 Å². The number of alkyl halides is 3. The van der Waals surface area contributed by atoms with E-state index in [9.17, 15) is 27.9 Å². The first-order chi connectivity index (χ1) is 21.0. The zero-order chi connectivity index (χ0) is 31.2. The number of carbonyl (C=O) groups is 2. The molecule has 3 aliphatic rings. The molecule has 2 amide bonds. The van der Waals surface area contributed by atoms with Gasteiger partial charge in [-0.1, -0.05) is 24.3 Å². The van der Waals surface area contributed by atoms with Gasteiger partial charge in [-0.15, -0.1) is 0 Å². The molecule has 3 aliphatic heterocycles. The first-order valence-electron chi connectivity index (χ1n) is 15.1. The third-order valence-corrected chi connectivity index (χ3v) is 9.22. The van der Waals surface area contributed by atoms with Gasteiger partial charge in [0.25, 0.3) is 0 Å². The van der Waals surface area contributed by atoms with E-state index in [1.54, 1.807) is 23.1 Å². The molecule has 3 N–H and O–H groups in total. The van der Waals surface area contributed by atoms with E-state index >= 15 is 0 Å². The number of nitrogens with zero attached hydrogens (tertiary/aromatic N) is 2. The second kappa shape index (κ2) is 11.9. The maximum Gasteiger partial charge on any atom is 0.416 e. The first kappa shape index (κ1) is 30.1. The molecule has 7 nitrogen and oxygen atoms in total. The number of aryl methyl sites for hydroxylation is 1. The molecule has 232 valence electrons. The Morgan fingerprint density at radius 1 is 1.05 bits per heavy atom. The highest BCUT2D eigenvalue weighted by molar-refractivity contribution is 5.93. The largest absolute Gasteiger partial charge is 0.508 e. The highest BCUT2D eigenvalue weighted by Gasteiger charge is 2.36. The van der Waals surface area contributed by atoms with Gasteiger partial charge in [0.1, 0.15) is 5.75 Å². The highest BCUT2D eigenvalue weighted by atomic mass is 19.4. The van der Waals surface area contributed by atoms with E-state index < -0.39 is 17.8 Å². The minimum atomic E-state index is -4.41. The monoisotopic (exact) mass is 606 g/mol. The lowest BCUT2D eigenvalue weighted by molar-refractivity contribution is -0.138. The molecule has 2 unspecified atom stereocenters. The van der Waals surface area contributed by atoms with E-state index in [1.165, 1.54) is 13.0 Å². The lowest BCUT2D eigenvalue weighted by atomic mass is 9.92. The second-order valence-corrected chi connectivity index (χ2v) is 12.2. The van der Waals surface area contributed by atoms with Crippen LogP contribution in [-0.2, 0) is 48.1 Å². The lowest BCUT2D eigenvalue weighted by Gasteiger charge is -2.36. The molecule has 3 aromatic rings. The molecule has 0 spiro atoms. The summed E-state index contributed by atoms with van der Waals surface area (Å²) >= 11 is 0. The molecule has 0 saturated carbocycles. The molecule has 0 bridgehead atoms. The van der Waals surface area contributed by atoms with Crippen LogP contribution in [0, 0.1) is 6.92 Å². The summed E-state index contributed by atoms with van der Waals surface area (Å²) in [5, 5.41) is 16.6. The predicted molar refractivity (Wildman–Crippen MR) is 161 cm³/mol. The normalized spacial score (nSPS) is 20.2. The fourth-order valence-corrected chi connectivity index (χ4v) is 7.03. The van der Waals surface area contributed by atoms with Crippen molar-refractivity contribution in [1.29, 1.82) is 0 Å². The Kier molecular flexibility index (Phi) is 8.15. The van der Waals surface area contributed by atoms with Gasteiger partial charge >= 0.3 is 6.18 Å². The SMILES string of the molecule is CC(=O)N1CCC(NC(=O)C2Cc3c(C)cc(O)cc3CCN2)c2cc(CN3CCc4cccc(C(F)(F)F)c4C3)ccc21. The molecule has 3 aromatic carbocycles. The Morgan fingerprint density at radius 2 is 1.86 bits per heavy atom. The number of hydrogen-bond donors (Lipinski definition) is 3. The Morgan fingerprint density at radius 3 is 2.64 bits per heavy atom. The number of benzene rings is 3. The predicted octanol–water partition coefficient (Wildman–Crippen LogP) is 4.95. The molecule has 0 fully saturated rings. The maximum atomic E-state index is 13.7. The number of hydrogen-bond acceptors (Lipinski definition) is 5. The van der Waals surface area contributed by atoms with E-state index in [0.717, 1.165) is 45.1 Å². The van der Waals surface area contributed by atoms with E-state index in [0.29, 0.717) is 57.4 Å². The summed E-state index contributed by atoms with van der Waals surface area (Å²) < 4.78 is 41.2. The fourth-order valence-electron chi connectivity index (χ4n) is 7.03. The van der Waals surface area contributed by atoms with Gasteiger partial charge in [0.15, 0.2) is 0 Å². The minimum absolute atomic E-state index is 0.0862. The molecule has 44 heavy (non-hydrogen) atoms. The van der Waals surface area contributed by atoms with Crippen LogP contribution < -0.4 is 15.5 Å². The van der Waals surface area contributed by atoms with Crippen molar-refractivity contribution in [1.82, 2.24) is 15.5 Å². The Balaban J connectivity index is 1.23. The average molecular weight is 607 g/mol. The summed E-state index contributed by atoms with van der Waals surface area (Å²) in [6, 6.07) is 12.9. The number of anilines is 1. The Labute approximate surface area is 255 Å². The average Bonchev–Trinajstić information content (AvgIpc) is 3.19. The Hall–Kier alpha value is -3.89. The van der Waals surface area contributed by atoms with E-state index in [2.05, 4.69) is 10.6 Å². The number of amides is 2. The number of halogens is 3. The van der Waals surface area contributed by atoms with Gasteiger partial charge in [0.05, 0.1) is 17.6 Å². The molecular weight excluding hydrogens is 569 g/mol. The number of phenols is 1. The summed E-state index contributed by atoms with van der Waals surface area (Å²) in [7, 11) is 0. The van der Waals surface area contributed by atoms with Crippen molar-refractivity contribution in [2.75, 3.05) is 24.5 Å². The maximum absolute atomic E-state index is 13.7. The standard InChI is InChI=1S/C34H37F3N4O3/c1-20-14-25(43)16-24-8-11-38-31(17-26(20)24)33(44)39-30-10-13-41(21(2)42)32-7-6-22(15-27(30)32)18-40-12-9-23-4-3-5-29(28(23)19-40)34(35,36)37/h3-7,14-16,30-31,38,43H,8-13,17-19H2,1-2H3,(H,39,44). The third kappa shape index (κ3) is 6.05. The summed E-state index contributed by atoms with van der Waals surface area (Å²) in [6.45, 7) is 5.82. The van der Waals surface area contributed by atoms with Gasteiger partial charge in [-0.05, 0) is 102 Å². The van der Waals surface area contributed by atoms with Gasteiger partial charge in [0.2, 0.25) is 11.8 Å². The molecule has 6 rings (SSSR count). The zero-order valence-corrected chi connectivity index (χ0v) is 24.9. The van der Waals surface area contributed by atoms with Gasteiger partial charge in [-0.2, -0.15) is 13.2 Å². The molecule has 0 radical (unpaired) electrons. The second-order valence-electron chi connectivity index (χ2n) is 12.2. The number of phenolic OH excluding ortho intramolecular Hbond substituents is 1. The van der Waals surface area contributed by atoms with Crippen molar-refractivity contribution in [2.45, 2.75) is 70.9 Å².